The monoisotopic (exact) mass is 870 g/mol. The lowest BCUT2D eigenvalue weighted by atomic mass is 10.0. The van der Waals surface area contributed by atoms with E-state index in [2.05, 4.69) is 30.6 Å². The van der Waals surface area contributed by atoms with Gasteiger partial charge in [-0.3, -0.25) is 9.59 Å². The van der Waals surface area contributed by atoms with Crippen LogP contribution in [-0.4, -0.2) is 102 Å². The molecule has 328 valence electrons. The average molecular weight is 871 g/mol. The second-order valence-electron chi connectivity index (χ2n) is 15.3. The second-order valence-corrected chi connectivity index (χ2v) is 16.5. The van der Waals surface area contributed by atoms with Crippen molar-refractivity contribution in [2.24, 2.45) is 11.8 Å². The number of carbonyl (C=O) groups is 4. The fourth-order valence-electron chi connectivity index (χ4n) is 7.40. The molecule has 0 unspecified atom stereocenters. The van der Waals surface area contributed by atoms with Crippen molar-refractivity contribution in [1.29, 1.82) is 0 Å². The van der Waals surface area contributed by atoms with Gasteiger partial charge in [0.25, 0.3) is 0 Å². The third-order valence-electron chi connectivity index (χ3n) is 10.5. The summed E-state index contributed by atoms with van der Waals surface area (Å²) in [7, 11) is -2.71. The Morgan fingerprint density at radius 3 is 1.46 bits per heavy atom. The standard InChI is InChI=1S/C40H48F2N8O10S/c1-21(2)33(47-39(53)57-5)37(51)49-15-7-9-29(49)35-43-19-27(45-35)23-11-13-25(41)31(17-23)59-61(55,56)60-32-18-24(12-14-26(32)42)28-20-44-36(46-28)30-10-8-16-50(30)38(52)34(22(3)4)48-40(54)58-6/h11-14,17-22,29-30,33-34H,7-10,15-16H2,1-6H3,(H,43,45)(H,44,46)(H,47,53)(H,48,54)/t29-,30-,33+,34+/m0/s1. The highest BCUT2D eigenvalue weighted by Gasteiger charge is 2.39. The van der Waals surface area contributed by atoms with Crippen molar-refractivity contribution >= 4 is 34.4 Å². The van der Waals surface area contributed by atoms with Crippen LogP contribution < -0.4 is 19.0 Å². The van der Waals surface area contributed by atoms with Gasteiger partial charge >= 0.3 is 22.6 Å². The molecule has 2 aromatic heterocycles. The molecule has 2 fully saturated rings. The van der Waals surface area contributed by atoms with Gasteiger partial charge in [0.15, 0.2) is 23.1 Å². The SMILES string of the molecule is COC(=O)N[C@@H](C(=O)N1CCC[C@H]1c1ncc(-c2ccc(F)c(OS(=O)(=O)Oc3cc(-c4cnc([C@@H]5CCCN5C(=O)[C@H](NC(=O)OC)C(C)C)[nH]4)ccc3F)c2)[nH]1)C(C)C. The quantitative estimate of drug-likeness (QED) is 0.123. The Labute approximate surface area is 351 Å². The Balaban J connectivity index is 1.15. The lowest BCUT2D eigenvalue weighted by Gasteiger charge is -2.30. The minimum Gasteiger partial charge on any atom is -0.453 e. The maximum absolute atomic E-state index is 15.0. The Kier molecular flexibility index (Phi) is 13.5. The molecule has 4 N–H and O–H groups in total. The van der Waals surface area contributed by atoms with Crippen molar-refractivity contribution in [1.82, 2.24) is 40.4 Å². The van der Waals surface area contributed by atoms with Gasteiger partial charge in [0.1, 0.15) is 23.7 Å². The molecular weight excluding hydrogens is 823 g/mol. The molecule has 0 bridgehead atoms. The normalized spacial score (nSPS) is 17.6. The van der Waals surface area contributed by atoms with E-state index in [1.54, 1.807) is 37.5 Å². The number of halogens is 2. The van der Waals surface area contributed by atoms with Crippen LogP contribution in [0.25, 0.3) is 22.5 Å². The van der Waals surface area contributed by atoms with Gasteiger partial charge in [-0.2, -0.15) is 0 Å². The number of methoxy groups -OCH3 is 2. The number of amides is 4. The number of alkyl carbamates (subject to hydrolysis) is 2. The molecule has 0 spiro atoms. The first-order valence-electron chi connectivity index (χ1n) is 19.6. The summed E-state index contributed by atoms with van der Waals surface area (Å²) in [5.74, 6) is -3.84. The maximum atomic E-state index is 15.0. The van der Waals surface area contributed by atoms with E-state index >= 15 is 8.78 Å². The molecule has 21 heteroatoms. The fourth-order valence-corrected chi connectivity index (χ4v) is 8.13. The van der Waals surface area contributed by atoms with Crippen molar-refractivity contribution in [2.45, 2.75) is 77.5 Å². The summed E-state index contributed by atoms with van der Waals surface area (Å²) in [6, 6.07) is 4.28. The van der Waals surface area contributed by atoms with E-state index < -0.39 is 69.9 Å². The number of carbonyl (C=O) groups excluding carboxylic acids is 4. The van der Waals surface area contributed by atoms with Crippen LogP contribution in [0.4, 0.5) is 18.4 Å². The molecule has 6 rings (SSSR count). The highest BCUT2D eigenvalue weighted by Crippen LogP contribution is 2.36. The largest absolute Gasteiger partial charge is 0.501 e. The highest BCUT2D eigenvalue weighted by molar-refractivity contribution is 7.82. The average Bonchev–Trinajstić information content (AvgIpc) is 4.06. The van der Waals surface area contributed by atoms with Crippen LogP contribution in [0.15, 0.2) is 48.8 Å². The van der Waals surface area contributed by atoms with E-state index in [0.29, 0.717) is 61.8 Å². The van der Waals surface area contributed by atoms with E-state index in [9.17, 15) is 27.6 Å². The van der Waals surface area contributed by atoms with E-state index in [1.807, 2.05) is 0 Å². The summed E-state index contributed by atoms with van der Waals surface area (Å²) in [6.07, 6.45) is 3.92. The Bertz CT molecular complexity index is 2220. The van der Waals surface area contributed by atoms with E-state index in [0.717, 1.165) is 24.3 Å². The van der Waals surface area contributed by atoms with Gasteiger partial charge in [0.2, 0.25) is 11.8 Å². The molecule has 2 saturated heterocycles. The number of nitrogens with one attached hydrogen (secondary N) is 4. The zero-order valence-corrected chi connectivity index (χ0v) is 35.2. The van der Waals surface area contributed by atoms with Gasteiger partial charge < -0.3 is 48.2 Å². The van der Waals surface area contributed by atoms with Crippen molar-refractivity contribution in [3.05, 3.63) is 72.1 Å². The molecule has 2 aromatic carbocycles. The predicted molar refractivity (Wildman–Crippen MR) is 214 cm³/mol. The maximum Gasteiger partial charge on any atom is 0.501 e. The second kappa shape index (κ2) is 18.6. The van der Waals surface area contributed by atoms with E-state index in [4.69, 9.17) is 17.8 Å². The molecule has 4 aromatic rings. The molecule has 2 aliphatic rings. The summed E-state index contributed by atoms with van der Waals surface area (Å²) in [6.45, 7) is 8.04. The smallest absolute Gasteiger partial charge is 0.453 e. The van der Waals surface area contributed by atoms with Gasteiger partial charge in [0, 0.05) is 24.2 Å². The van der Waals surface area contributed by atoms with Gasteiger partial charge in [-0.05, 0) is 73.9 Å². The number of likely N-dealkylation sites (tertiary alicyclic amines) is 2. The van der Waals surface area contributed by atoms with Crippen LogP contribution in [0.3, 0.4) is 0 Å². The summed E-state index contributed by atoms with van der Waals surface area (Å²) >= 11 is 0. The van der Waals surface area contributed by atoms with Crippen molar-refractivity contribution < 1.29 is 54.2 Å². The Morgan fingerprint density at radius 2 is 1.10 bits per heavy atom. The predicted octanol–water partition coefficient (Wildman–Crippen LogP) is 5.54. The lowest BCUT2D eigenvalue weighted by Crippen LogP contribution is -2.51. The number of aromatic amines is 2. The molecule has 4 heterocycles. The van der Waals surface area contributed by atoms with Crippen LogP contribution in [-0.2, 0) is 29.5 Å². The number of imidazole rings is 2. The minimum absolute atomic E-state index is 0.237. The third kappa shape index (κ3) is 10.0. The van der Waals surface area contributed by atoms with Crippen LogP contribution in [0.1, 0.15) is 77.1 Å². The van der Waals surface area contributed by atoms with E-state index in [1.165, 1.54) is 38.7 Å². The Morgan fingerprint density at radius 1 is 0.705 bits per heavy atom. The van der Waals surface area contributed by atoms with E-state index in [-0.39, 0.29) is 34.8 Å². The molecule has 4 atom stereocenters. The van der Waals surface area contributed by atoms with Crippen molar-refractivity contribution in [3.63, 3.8) is 0 Å². The number of hydrogen-bond acceptors (Lipinski definition) is 12. The minimum atomic E-state index is -5.13. The molecule has 61 heavy (non-hydrogen) atoms. The first kappa shape index (κ1) is 44.3. The molecule has 0 saturated carbocycles. The fraction of sp³-hybridized carbons (Fsp3) is 0.450. The number of nitrogens with zero attached hydrogens (tertiary/aromatic N) is 4. The summed E-state index contributed by atoms with van der Waals surface area (Å²) in [5, 5.41) is 5.18. The Hall–Kier alpha value is -6.25. The molecule has 18 nitrogen and oxygen atoms in total. The van der Waals surface area contributed by atoms with Crippen molar-refractivity contribution in [3.8, 4) is 34.0 Å². The molecular formula is C40H48F2N8O10S. The number of benzene rings is 2. The summed E-state index contributed by atoms with van der Waals surface area (Å²) in [4.78, 5) is 69.4. The number of aromatic nitrogens is 4. The van der Waals surface area contributed by atoms with Crippen LogP contribution in [0.2, 0.25) is 0 Å². The number of ether oxygens (including phenoxy) is 2. The molecule has 4 amide bonds. The van der Waals surface area contributed by atoms with Crippen molar-refractivity contribution in [2.75, 3.05) is 27.3 Å². The number of H-pyrrole nitrogens is 2. The number of hydrogen-bond donors (Lipinski definition) is 4. The zero-order valence-electron chi connectivity index (χ0n) is 34.4. The first-order chi connectivity index (χ1) is 29.0. The summed E-state index contributed by atoms with van der Waals surface area (Å²) in [5.41, 5.74) is 1.26. The van der Waals surface area contributed by atoms with Gasteiger partial charge in [-0.25, -0.2) is 28.3 Å². The highest BCUT2D eigenvalue weighted by atomic mass is 32.3. The van der Waals surface area contributed by atoms with Crippen LogP contribution in [0.5, 0.6) is 11.5 Å². The number of rotatable bonds is 14. The van der Waals surface area contributed by atoms with Crippen LogP contribution in [0, 0.1) is 23.5 Å². The lowest BCUT2D eigenvalue weighted by molar-refractivity contribution is -0.136. The molecule has 2 aliphatic heterocycles. The summed E-state index contributed by atoms with van der Waals surface area (Å²) < 4.78 is 75.8. The zero-order chi connectivity index (χ0) is 44.2. The molecule has 0 radical (unpaired) electrons. The van der Waals surface area contributed by atoms with Crippen LogP contribution >= 0.6 is 0 Å². The van der Waals surface area contributed by atoms with Gasteiger partial charge in [-0.15, -0.1) is 8.42 Å². The topological polar surface area (TPSA) is 227 Å². The third-order valence-corrected chi connectivity index (χ3v) is 11.3. The first-order valence-corrected chi connectivity index (χ1v) is 21.0. The van der Waals surface area contributed by atoms with Gasteiger partial charge in [-0.1, -0.05) is 27.7 Å². The van der Waals surface area contributed by atoms with Gasteiger partial charge in [0.05, 0.1) is 50.1 Å². The molecule has 0 aliphatic carbocycles.